The highest BCUT2D eigenvalue weighted by Gasteiger charge is 2.13. The van der Waals surface area contributed by atoms with Crippen LogP contribution in [-0.2, 0) is 6.42 Å². The third-order valence-corrected chi connectivity index (χ3v) is 4.30. The number of thiazole rings is 1. The van der Waals surface area contributed by atoms with E-state index in [0.717, 1.165) is 11.4 Å². The first-order valence-corrected chi connectivity index (χ1v) is 7.13. The maximum Gasteiger partial charge on any atom is 0.109 e. The lowest BCUT2D eigenvalue weighted by Gasteiger charge is -2.18. The summed E-state index contributed by atoms with van der Waals surface area (Å²) in [6.45, 7) is 6.47. The summed E-state index contributed by atoms with van der Waals surface area (Å²) in [6.07, 6.45) is 6.74. The van der Waals surface area contributed by atoms with Crippen molar-refractivity contribution >= 4 is 11.3 Å². The molecule has 0 amide bonds. The van der Waals surface area contributed by atoms with Gasteiger partial charge in [0.05, 0.1) is 6.04 Å². The van der Waals surface area contributed by atoms with E-state index in [1.54, 1.807) is 17.5 Å². The van der Waals surface area contributed by atoms with Gasteiger partial charge in [0.25, 0.3) is 0 Å². The second-order valence-electron chi connectivity index (χ2n) is 4.41. The molecule has 0 fully saturated rings. The lowest BCUT2D eigenvalue weighted by molar-refractivity contribution is 0.492. The minimum atomic E-state index is 0.269. The van der Waals surface area contributed by atoms with Crippen molar-refractivity contribution in [2.75, 3.05) is 0 Å². The van der Waals surface area contributed by atoms with Crippen LogP contribution in [0.3, 0.4) is 0 Å². The van der Waals surface area contributed by atoms with Crippen molar-refractivity contribution < 1.29 is 0 Å². The van der Waals surface area contributed by atoms with Gasteiger partial charge in [0.15, 0.2) is 0 Å². The monoisotopic (exact) mass is 261 g/mol. The molecule has 0 spiro atoms. The van der Waals surface area contributed by atoms with Gasteiger partial charge in [-0.05, 0) is 31.9 Å². The summed E-state index contributed by atoms with van der Waals surface area (Å²) in [5.74, 6) is 0. The molecule has 0 saturated heterocycles. The maximum atomic E-state index is 4.47. The summed E-state index contributed by atoms with van der Waals surface area (Å²) in [5.41, 5.74) is 1.21. The standard InChI is InChI=1S/C14H19N3S/c1-4-13-9-16-14(18-13)11(3)17-10(2)12-6-5-7-15-8-12/h5-11,17H,4H2,1-3H3. The smallest absolute Gasteiger partial charge is 0.109 e. The molecule has 1 N–H and O–H groups in total. The van der Waals surface area contributed by atoms with Crippen LogP contribution in [0.2, 0.25) is 0 Å². The Labute approximate surface area is 112 Å². The fourth-order valence-corrected chi connectivity index (χ4v) is 2.73. The molecule has 0 bridgehead atoms. The van der Waals surface area contributed by atoms with Gasteiger partial charge in [0.2, 0.25) is 0 Å². The predicted molar refractivity (Wildman–Crippen MR) is 75.7 cm³/mol. The molecule has 2 unspecified atom stereocenters. The van der Waals surface area contributed by atoms with Crippen LogP contribution in [0.15, 0.2) is 30.7 Å². The topological polar surface area (TPSA) is 37.8 Å². The van der Waals surface area contributed by atoms with Crippen LogP contribution in [0.25, 0.3) is 0 Å². The summed E-state index contributed by atoms with van der Waals surface area (Å²) in [4.78, 5) is 9.96. The average Bonchev–Trinajstić information content (AvgIpc) is 2.88. The van der Waals surface area contributed by atoms with Crippen LogP contribution in [0.4, 0.5) is 0 Å². The molecule has 0 aromatic carbocycles. The minimum Gasteiger partial charge on any atom is -0.301 e. The molecule has 18 heavy (non-hydrogen) atoms. The summed E-state index contributed by atoms with van der Waals surface area (Å²) in [6, 6.07) is 4.61. The van der Waals surface area contributed by atoms with Crippen LogP contribution in [-0.4, -0.2) is 9.97 Å². The molecule has 0 aliphatic carbocycles. The quantitative estimate of drug-likeness (QED) is 0.895. The van der Waals surface area contributed by atoms with E-state index in [1.165, 1.54) is 10.4 Å². The molecule has 96 valence electrons. The average molecular weight is 261 g/mol. The first-order chi connectivity index (χ1) is 8.70. The number of nitrogens with zero attached hydrogens (tertiary/aromatic N) is 2. The first kappa shape index (κ1) is 13.2. The van der Waals surface area contributed by atoms with Gasteiger partial charge < -0.3 is 5.32 Å². The third kappa shape index (κ3) is 3.15. The van der Waals surface area contributed by atoms with E-state index in [4.69, 9.17) is 0 Å². The fourth-order valence-electron chi connectivity index (χ4n) is 1.86. The van der Waals surface area contributed by atoms with Gasteiger partial charge >= 0.3 is 0 Å². The molecule has 2 rings (SSSR count). The number of nitrogens with one attached hydrogen (secondary N) is 1. The van der Waals surface area contributed by atoms with E-state index in [-0.39, 0.29) is 12.1 Å². The lowest BCUT2D eigenvalue weighted by atomic mass is 10.1. The molecule has 2 heterocycles. The Balaban J connectivity index is 2.01. The Kier molecular flexibility index (Phi) is 4.44. The van der Waals surface area contributed by atoms with Gasteiger partial charge in [-0.15, -0.1) is 11.3 Å². The Morgan fingerprint density at radius 2 is 2.11 bits per heavy atom. The lowest BCUT2D eigenvalue weighted by Crippen LogP contribution is -2.22. The van der Waals surface area contributed by atoms with Crippen molar-refractivity contribution in [3.05, 3.63) is 46.2 Å². The van der Waals surface area contributed by atoms with E-state index in [0.29, 0.717) is 0 Å². The Morgan fingerprint density at radius 1 is 1.28 bits per heavy atom. The molecule has 0 aliphatic heterocycles. The van der Waals surface area contributed by atoms with E-state index in [9.17, 15) is 0 Å². The van der Waals surface area contributed by atoms with Crippen molar-refractivity contribution in [2.45, 2.75) is 39.3 Å². The van der Waals surface area contributed by atoms with E-state index in [2.05, 4.69) is 42.1 Å². The number of aryl methyl sites for hydroxylation is 1. The minimum absolute atomic E-state index is 0.269. The zero-order valence-electron chi connectivity index (χ0n) is 11.1. The van der Waals surface area contributed by atoms with Gasteiger partial charge in [-0.3, -0.25) is 4.98 Å². The van der Waals surface area contributed by atoms with Crippen LogP contribution in [0, 0.1) is 0 Å². The first-order valence-electron chi connectivity index (χ1n) is 6.31. The van der Waals surface area contributed by atoms with Gasteiger partial charge in [-0.1, -0.05) is 13.0 Å². The fraction of sp³-hybridized carbons (Fsp3) is 0.429. The van der Waals surface area contributed by atoms with Crippen LogP contribution in [0.1, 0.15) is 48.3 Å². The highest BCUT2D eigenvalue weighted by atomic mass is 32.1. The molecule has 0 saturated carbocycles. The molecule has 3 nitrogen and oxygen atoms in total. The number of hydrogen-bond acceptors (Lipinski definition) is 4. The van der Waals surface area contributed by atoms with Gasteiger partial charge in [-0.25, -0.2) is 4.98 Å². The Bertz CT molecular complexity index is 481. The zero-order valence-corrected chi connectivity index (χ0v) is 11.9. The highest BCUT2D eigenvalue weighted by Crippen LogP contribution is 2.23. The SMILES string of the molecule is CCc1cnc(C(C)NC(C)c2cccnc2)s1. The van der Waals surface area contributed by atoms with Crippen molar-refractivity contribution in [2.24, 2.45) is 0 Å². The highest BCUT2D eigenvalue weighted by molar-refractivity contribution is 7.11. The molecule has 0 radical (unpaired) electrons. The van der Waals surface area contributed by atoms with Crippen molar-refractivity contribution in [3.8, 4) is 0 Å². The predicted octanol–water partition coefficient (Wildman–Crippen LogP) is 3.51. The molecule has 4 heteroatoms. The van der Waals surface area contributed by atoms with E-state index < -0.39 is 0 Å². The number of pyridine rings is 1. The molecule has 2 atom stereocenters. The molecular weight excluding hydrogens is 242 g/mol. The second-order valence-corrected chi connectivity index (χ2v) is 5.56. The van der Waals surface area contributed by atoms with Crippen molar-refractivity contribution in [3.63, 3.8) is 0 Å². The third-order valence-electron chi connectivity index (χ3n) is 2.97. The summed E-state index contributed by atoms with van der Waals surface area (Å²) in [5, 5.41) is 4.71. The van der Waals surface area contributed by atoms with Crippen LogP contribution < -0.4 is 5.32 Å². The number of rotatable bonds is 5. The zero-order chi connectivity index (χ0) is 13.0. The Morgan fingerprint density at radius 3 is 2.72 bits per heavy atom. The van der Waals surface area contributed by atoms with Gasteiger partial charge in [-0.2, -0.15) is 0 Å². The van der Waals surface area contributed by atoms with Gasteiger partial charge in [0, 0.05) is 29.5 Å². The maximum absolute atomic E-state index is 4.47. The van der Waals surface area contributed by atoms with E-state index >= 15 is 0 Å². The second kappa shape index (κ2) is 6.07. The van der Waals surface area contributed by atoms with Gasteiger partial charge in [0.1, 0.15) is 5.01 Å². The Hall–Kier alpha value is -1.26. The molecule has 2 aromatic rings. The molecule has 0 aliphatic rings. The van der Waals surface area contributed by atoms with Crippen molar-refractivity contribution in [1.29, 1.82) is 0 Å². The summed E-state index contributed by atoms with van der Waals surface area (Å²) in [7, 11) is 0. The van der Waals surface area contributed by atoms with Crippen molar-refractivity contribution in [1.82, 2.24) is 15.3 Å². The molecule has 2 aromatic heterocycles. The normalized spacial score (nSPS) is 14.4. The van der Waals surface area contributed by atoms with Crippen LogP contribution in [0.5, 0.6) is 0 Å². The molecular formula is C14H19N3S. The number of aromatic nitrogens is 2. The van der Waals surface area contributed by atoms with E-state index in [1.807, 2.05) is 18.5 Å². The summed E-state index contributed by atoms with van der Waals surface area (Å²) >= 11 is 1.79. The van der Waals surface area contributed by atoms with Crippen LogP contribution >= 0.6 is 11.3 Å². The summed E-state index contributed by atoms with van der Waals surface area (Å²) < 4.78 is 0. The largest absolute Gasteiger partial charge is 0.301 e. The number of hydrogen-bond donors (Lipinski definition) is 1.